The van der Waals surface area contributed by atoms with Gasteiger partial charge in [0.25, 0.3) is 5.91 Å². The highest BCUT2D eigenvalue weighted by Gasteiger charge is 2.17. The minimum atomic E-state index is -0.662. The van der Waals surface area contributed by atoms with Crippen molar-refractivity contribution in [1.82, 2.24) is 5.32 Å². The van der Waals surface area contributed by atoms with Crippen LogP contribution in [0.3, 0.4) is 0 Å². The average Bonchev–Trinajstić information content (AvgIpc) is 2.59. The van der Waals surface area contributed by atoms with E-state index < -0.39 is 36.1 Å². The van der Waals surface area contributed by atoms with Gasteiger partial charge in [-0.1, -0.05) is 12.1 Å². The Hall–Kier alpha value is -3.10. The van der Waals surface area contributed by atoms with E-state index in [-0.39, 0.29) is 30.8 Å². The summed E-state index contributed by atoms with van der Waals surface area (Å²) in [6.07, 6.45) is -0.764. The molecule has 2 N–H and O–H groups in total. The van der Waals surface area contributed by atoms with Crippen molar-refractivity contribution in [3.63, 3.8) is 0 Å². The van der Waals surface area contributed by atoms with Crippen LogP contribution >= 0.6 is 0 Å². The molecule has 1 aromatic carbocycles. The molecule has 0 atom stereocenters. The maximum absolute atomic E-state index is 12.0. The molecule has 28 heavy (non-hydrogen) atoms. The molecule has 0 bridgehead atoms. The number of carbonyl (C=O) groups is 4. The maximum atomic E-state index is 12.0. The predicted molar refractivity (Wildman–Crippen MR) is 101 cm³/mol. The van der Waals surface area contributed by atoms with Crippen molar-refractivity contribution in [2.45, 2.75) is 39.7 Å². The lowest BCUT2D eigenvalue weighted by atomic mass is 10.2. The number of amides is 2. The minimum Gasteiger partial charge on any atom is -0.462 e. The Morgan fingerprint density at radius 1 is 1.04 bits per heavy atom. The molecule has 1 aromatic rings. The first-order chi connectivity index (χ1) is 13.1. The Labute approximate surface area is 163 Å². The SMILES string of the molecule is CCOC(=O)c1ccccc1NC(=O)COC(=O)CCNC(=O)OC(C)(C)C. The maximum Gasteiger partial charge on any atom is 0.407 e. The topological polar surface area (TPSA) is 120 Å². The van der Waals surface area contributed by atoms with Crippen molar-refractivity contribution in [2.24, 2.45) is 0 Å². The van der Waals surface area contributed by atoms with Gasteiger partial charge >= 0.3 is 18.0 Å². The molecule has 9 heteroatoms. The largest absolute Gasteiger partial charge is 0.462 e. The number of anilines is 1. The van der Waals surface area contributed by atoms with E-state index in [4.69, 9.17) is 14.2 Å². The van der Waals surface area contributed by atoms with E-state index in [1.165, 1.54) is 12.1 Å². The second-order valence-corrected chi connectivity index (χ2v) is 6.65. The Balaban J connectivity index is 2.40. The Morgan fingerprint density at radius 3 is 2.36 bits per heavy atom. The summed E-state index contributed by atoms with van der Waals surface area (Å²) in [5, 5.41) is 4.91. The van der Waals surface area contributed by atoms with Crippen LogP contribution in [0.2, 0.25) is 0 Å². The molecule has 0 heterocycles. The average molecular weight is 394 g/mol. The molecule has 1 rings (SSSR count). The van der Waals surface area contributed by atoms with Crippen LogP contribution in [-0.4, -0.2) is 49.3 Å². The summed E-state index contributed by atoms with van der Waals surface area (Å²) in [6, 6.07) is 6.34. The molecule has 0 fully saturated rings. The van der Waals surface area contributed by atoms with Crippen LogP contribution in [0.5, 0.6) is 0 Å². The molecule has 2 amide bonds. The van der Waals surface area contributed by atoms with Crippen LogP contribution in [0.1, 0.15) is 44.5 Å². The van der Waals surface area contributed by atoms with Crippen LogP contribution in [0, 0.1) is 0 Å². The van der Waals surface area contributed by atoms with Gasteiger partial charge in [-0.15, -0.1) is 0 Å². The van der Waals surface area contributed by atoms with E-state index >= 15 is 0 Å². The summed E-state index contributed by atoms with van der Waals surface area (Å²) in [4.78, 5) is 46.9. The fourth-order valence-electron chi connectivity index (χ4n) is 1.96. The normalized spacial score (nSPS) is 10.6. The number of rotatable bonds is 8. The molecule has 0 aromatic heterocycles. The Morgan fingerprint density at radius 2 is 1.71 bits per heavy atom. The second-order valence-electron chi connectivity index (χ2n) is 6.65. The molecule has 0 saturated carbocycles. The molecule has 9 nitrogen and oxygen atoms in total. The first-order valence-electron chi connectivity index (χ1n) is 8.81. The van der Waals surface area contributed by atoms with Gasteiger partial charge in [-0.25, -0.2) is 9.59 Å². The van der Waals surface area contributed by atoms with Gasteiger partial charge in [0, 0.05) is 6.54 Å². The number of para-hydroxylation sites is 1. The van der Waals surface area contributed by atoms with Crippen molar-refractivity contribution >= 4 is 29.6 Å². The van der Waals surface area contributed by atoms with E-state index in [1.807, 2.05) is 0 Å². The molecule has 0 radical (unpaired) electrons. The lowest BCUT2D eigenvalue weighted by molar-refractivity contribution is -0.147. The van der Waals surface area contributed by atoms with Crippen molar-refractivity contribution < 1.29 is 33.4 Å². The minimum absolute atomic E-state index is 0.0149. The van der Waals surface area contributed by atoms with Crippen LogP contribution in [-0.2, 0) is 23.8 Å². The van der Waals surface area contributed by atoms with Gasteiger partial charge < -0.3 is 24.8 Å². The van der Waals surface area contributed by atoms with Crippen LogP contribution in [0.25, 0.3) is 0 Å². The Kier molecular flexibility index (Phi) is 8.94. The van der Waals surface area contributed by atoms with Crippen molar-refractivity contribution in [3.05, 3.63) is 29.8 Å². The lowest BCUT2D eigenvalue weighted by Crippen LogP contribution is -2.34. The third kappa shape index (κ3) is 9.02. The summed E-state index contributed by atoms with van der Waals surface area (Å²) in [5.41, 5.74) is -0.179. The van der Waals surface area contributed by atoms with Gasteiger partial charge in [-0.05, 0) is 39.8 Å². The second kappa shape index (κ2) is 10.9. The highest BCUT2D eigenvalue weighted by Crippen LogP contribution is 2.16. The van der Waals surface area contributed by atoms with Gasteiger partial charge in [-0.3, -0.25) is 9.59 Å². The molecule has 0 saturated heterocycles. The number of alkyl carbamates (subject to hydrolysis) is 1. The number of nitrogens with one attached hydrogen (secondary N) is 2. The third-order valence-electron chi connectivity index (χ3n) is 3.06. The van der Waals surface area contributed by atoms with Gasteiger partial charge in [0.1, 0.15) is 5.60 Å². The number of esters is 2. The summed E-state index contributed by atoms with van der Waals surface area (Å²) < 4.78 is 14.8. The highest BCUT2D eigenvalue weighted by atomic mass is 16.6. The van der Waals surface area contributed by atoms with Gasteiger partial charge in [0.15, 0.2) is 6.61 Å². The number of carbonyl (C=O) groups excluding carboxylic acids is 4. The number of hydrogen-bond acceptors (Lipinski definition) is 7. The van der Waals surface area contributed by atoms with Gasteiger partial charge in [0.05, 0.1) is 24.3 Å². The number of ether oxygens (including phenoxy) is 3. The molecule has 154 valence electrons. The molecule has 0 aliphatic heterocycles. The monoisotopic (exact) mass is 394 g/mol. The molecular weight excluding hydrogens is 368 g/mol. The molecular formula is C19H26N2O7. The number of benzene rings is 1. The lowest BCUT2D eigenvalue weighted by Gasteiger charge is -2.19. The zero-order valence-corrected chi connectivity index (χ0v) is 16.5. The quantitative estimate of drug-likeness (QED) is 0.512. The molecule has 0 aliphatic carbocycles. The summed E-state index contributed by atoms with van der Waals surface area (Å²) in [7, 11) is 0. The van der Waals surface area contributed by atoms with E-state index in [0.717, 1.165) is 0 Å². The molecule has 0 spiro atoms. The summed E-state index contributed by atoms with van der Waals surface area (Å²) in [5.74, 6) is -1.83. The van der Waals surface area contributed by atoms with Crippen LogP contribution < -0.4 is 10.6 Å². The fourth-order valence-corrected chi connectivity index (χ4v) is 1.96. The highest BCUT2D eigenvalue weighted by molar-refractivity contribution is 6.01. The fraction of sp³-hybridized carbons (Fsp3) is 0.474. The van der Waals surface area contributed by atoms with Crippen molar-refractivity contribution in [3.8, 4) is 0 Å². The van der Waals surface area contributed by atoms with Gasteiger partial charge in [-0.2, -0.15) is 0 Å². The number of hydrogen-bond donors (Lipinski definition) is 2. The van der Waals surface area contributed by atoms with Crippen molar-refractivity contribution in [2.75, 3.05) is 25.1 Å². The van der Waals surface area contributed by atoms with E-state index in [2.05, 4.69) is 10.6 Å². The van der Waals surface area contributed by atoms with Crippen molar-refractivity contribution in [1.29, 1.82) is 0 Å². The Bertz CT molecular complexity index is 710. The predicted octanol–water partition coefficient (Wildman–Crippen LogP) is 2.26. The third-order valence-corrected chi connectivity index (χ3v) is 3.06. The first-order valence-corrected chi connectivity index (χ1v) is 8.81. The first kappa shape index (κ1) is 22.9. The van der Waals surface area contributed by atoms with E-state index in [0.29, 0.717) is 0 Å². The standard InChI is InChI=1S/C19H26N2O7/c1-5-26-17(24)13-8-6-7-9-14(13)21-15(22)12-27-16(23)10-11-20-18(25)28-19(2,3)4/h6-9H,5,10-12H2,1-4H3,(H,20,25)(H,21,22). The zero-order valence-electron chi connectivity index (χ0n) is 16.5. The molecule has 0 unspecified atom stereocenters. The summed E-state index contributed by atoms with van der Waals surface area (Å²) in [6.45, 7) is 6.54. The summed E-state index contributed by atoms with van der Waals surface area (Å²) >= 11 is 0. The molecule has 0 aliphatic rings. The van der Waals surface area contributed by atoms with Crippen LogP contribution in [0.4, 0.5) is 10.5 Å². The smallest absolute Gasteiger partial charge is 0.407 e. The van der Waals surface area contributed by atoms with E-state index in [1.54, 1.807) is 39.8 Å². The van der Waals surface area contributed by atoms with Crippen LogP contribution in [0.15, 0.2) is 24.3 Å². The zero-order chi connectivity index (χ0) is 21.2. The van der Waals surface area contributed by atoms with Gasteiger partial charge in [0.2, 0.25) is 0 Å². The van der Waals surface area contributed by atoms with E-state index in [9.17, 15) is 19.2 Å².